The number of hydrogen-bond donors (Lipinski definition) is 0. The third-order valence-corrected chi connectivity index (χ3v) is 4.72. The molecule has 0 aliphatic rings. The van der Waals surface area contributed by atoms with Crippen molar-refractivity contribution in [2.75, 3.05) is 0 Å². The Hall–Kier alpha value is -2.50. The highest BCUT2D eigenvalue weighted by Crippen LogP contribution is 2.37. The Morgan fingerprint density at radius 3 is 2.07 bits per heavy atom. The second-order valence-corrected chi connectivity index (χ2v) is 6.78. The molecule has 0 amide bonds. The number of rotatable bonds is 5. The van der Waals surface area contributed by atoms with Gasteiger partial charge in [0.1, 0.15) is 23.0 Å². The minimum Gasteiger partial charge on any atom is -0.207 e. The van der Waals surface area contributed by atoms with E-state index in [1.54, 1.807) is 6.07 Å². The van der Waals surface area contributed by atoms with E-state index < -0.39 is 23.4 Å². The summed E-state index contributed by atoms with van der Waals surface area (Å²) >= 11 is 0. The average molecular weight is 396 g/mol. The van der Waals surface area contributed by atoms with Gasteiger partial charge in [0.2, 0.25) is 0 Å². The van der Waals surface area contributed by atoms with Crippen LogP contribution in [-0.2, 0) is 25.4 Å². The number of alkyl halides is 3. The fraction of sp³-hybridized carbons (Fsp3) is 0.273. The summed E-state index contributed by atoms with van der Waals surface area (Å²) in [6.07, 6.45) is -2.64. The average Bonchev–Trinajstić information content (AvgIpc) is 2.59. The molecule has 0 radical (unpaired) electrons. The van der Waals surface area contributed by atoms with E-state index in [1.807, 2.05) is 13.0 Å². The summed E-state index contributed by atoms with van der Waals surface area (Å²) in [5.41, 5.74) is 0.204. The lowest BCUT2D eigenvalue weighted by Gasteiger charge is -2.12. The van der Waals surface area contributed by atoms with Crippen LogP contribution < -0.4 is 0 Å². The van der Waals surface area contributed by atoms with Gasteiger partial charge < -0.3 is 0 Å². The van der Waals surface area contributed by atoms with Crippen LogP contribution in [-0.4, -0.2) is 0 Å². The molecule has 3 aromatic rings. The van der Waals surface area contributed by atoms with Crippen LogP contribution in [0.4, 0.5) is 26.3 Å². The molecule has 28 heavy (non-hydrogen) atoms. The largest absolute Gasteiger partial charge is 0.422 e. The van der Waals surface area contributed by atoms with Crippen molar-refractivity contribution in [3.63, 3.8) is 0 Å². The number of aryl methyl sites for hydroxylation is 3. The SMILES string of the molecule is CCCc1ccc(CCc2ccc3c(F)c(C(F)(F)F)c(F)cc3c2)c(F)c1. The molecule has 0 atom stereocenters. The lowest BCUT2D eigenvalue weighted by Crippen LogP contribution is -2.11. The van der Waals surface area contributed by atoms with Crippen LogP contribution >= 0.6 is 0 Å². The fourth-order valence-electron chi connectivity index (χ4n) is 3.31. The number of halogens is 6. The maximum Gasteiger partial charge on any atom is 0.422 e. The molecule has 6 heteroatoms. The van der Waals surface area contributed by atoms with Crippen molar-refractivity contribution < 1.29 is 26.3 Å². The molecule has 0 aliphatic carbocycles. The van der Waals surface area contributed by atoms with E-state index in [4.69, 9.17) is 0 Å². The topological polar surface area (TPSA) is 0 Å². The predicted octanol–water partition coefficient (Wildman–Crippen LogP) is 7.01. The number of hydrogen-bond acceptors (Lipinski definition) is 0. The smallest absolute Gasteiger partial charge is 0.207 e. The number of fused-ring (bicyclic) bond motifs is 1. The Balaban J connectivity index is 1.85. The minimum atomic E-state index is -5.11. The predicted molar refractivity (Wildman–Crippen MR) is 96.7 cm³/mol. The van der Waals surface area contributed by atoms with Crippen molar-refractivity contribution in [3.8, 4) is 0 Å². The van der Waals surface area contributed by atoms with E-state index in [9.17, 15) is 26.3 Å². The van der Waals surface area contributed by atoms with E-state index in [2.05, 4.69) is 0 Å². The first-order chi connectivity index (χ1) is 13.2. The summed E-state index contributed by atoms with van der Waals surface area (Å²) < 4.78 is 80.6. The zero-order chi connectivity index (χ0) is 20.5. The van der Waals surface area contributed by atoms with Crippen LogP contribution in [0.1, 0.15) is 35.6 Å². The van der Waals surface area contributed by atoms with Crippen LogP contribution in [0.3, 0.4) is 0 Å². The standard InChI is InChI=1S/C22H18F6/c1-2-3-13-4-7-15(18(23)11-13)8-5-14-6-9-17-16(10-14)12-19(24)20(21(17)25)22(26,27)28/h4,6-7,9-12H,2-3,5,8H2,1H3. The summed E-state index contributed by atoms with van der Waals surface area (Å²) in [6.45, 7) is 2.01. The quantitative estimate of drug-likeness (QED) is 0.407. The second kappa shape index (κ2) is 7.86. The zero-order valence-electron chi connectivity index (χ0n) is 15.1. The van der Waals surface area contributed by atoms with Gasteiger partial charge in [-0.1, -0.05) is 43.7 Å². The van der Waals surface area contributed by atoms with Gasteiger partial charge in [0.05, 0.1) is 0 Å². The molecule has 148 valence electrons. The fourth-order valence-corrected chi connectivity index (χ4v) is 3.31. The van der Waals surface area contributed by atoms with E-state index in [-0.39, 0.29) is 16.6 Å². The molecule has 3 aromatic carbocycles. The Kier molecular flexibility index (Phi) is 5.68. The summed E-state index contributed by atoms with van der Waals surface area (Å²) in [7, 11) is 0. The van der Waals surface area contributed by atoms with Gasteiger partial charge >= 0.3 is 6.18 Å². The molecule has 0 saturated carbocycles. The normalized spacial score (nSPS) is 12.0. The molecule has 3 rings (SSSR count). The molecule has 0 heterocycles. The Morgan fingerprint density at radius 2 is 1.43 bits per heavy atom. The van der Waals surface area contributed by atoms with Crippen LogP contribution in [0, 0.1) is 17.5 Å². The van der Waals surface area contributed by atoms with E-state index in [0.717, 1.165) is 18.4 Å². The molecule has 0 N–H and O–H groups in total. The molecule has 0 nitrogen and oxygen atoms in total. The molecule has 0 saturated heterocycles. The van der Waals surface area contributed by atoms with Gasteiger partial charge in [-0.25, -0.2) is 13.2 Å². The molecule has 0 spiro atoms. The molecule has 0 aromatic heterocycles. The summed E-state index contributed by atoms with van der Waals surface area (Å²) in [5, 5.41) is -0.258. The molecule has 0 fully saturated rings. The van der Waals surface area contributed by atoms with Crippen LogP contribution in [0.5, 0.6) is 0 Å². The van der Waals surface area contributed by atoms with Gasteiger partial charge in [0, 0.05) is 5.39 Å². The van der Waals surface area contributed by atoms with Crippen molar-refractivity contribution in [1.29, 1.82) is 0 Å². The molecule has 0 aliphatic heterocycles. The van der Waals surface area contributed by atoms with Gasteiger partial charge in [-0.05, 0) is 53.5 Å². The summed E-state index contributed by atoms with van der Waals surface area (Å²) in [4.78, 5) is 0. The third-order valence-electron chi connectivity index (χ3n) is 4.72. The van der Waals surface area contributed by atoms with Gasteiger partial charge in [0.25, 0.3) is 0 Å². The highest BCUT2D eigenvalue weighted by atomic mass is 19.4. The first-order valence-electron chi connectivity index (χ1n) is 8.96. The van der Waals surface area contributed by atoms with Crippen LogP contribution in [0.25, 0.3) is 10.8 Å². The molecule has 0 bridgehead atoms. The number of benzene rings is 3. The maximum absolute atomic E-state index is 14.2. The van der Waals surface area contributed by atoms with Crippen molar-refractivity contribution in [2.45, 2.75) is 38.8 Å². The molecule has 0 unspecified atom stereocenters. The lowest BCUT2D eigenvalue weighted by molar-refractivity contribution is -0.142. The van der Waals surface area contributed by atoms with Gasteiger partial charge in [-0.3, -0.25) is 0 Å². The monoisotopic (exact) mass is 396 g/mol. The summed E-state index contributed by atoms with van der Waals surface area (Å²) in [6, 6.07) is 9.89. The van der Waals surface area contributed by atoms with Crippen molar-refractivity contribution in [1.82, 2.24) is 0 Å². The van der Waals surface area contributed by atoms with E-state index >= 15 is 0 Å². The van der Waals surface area contributed by atoms with Crippen LogP contribution in [0.15, 0.2) is 42.5 Å². The van der Waals surface area contributed by atoms with Gasteiger partial charge in [-0.15, -0.1) is 0 Å². The zero-order valence-corrected chi connectivity index (χ0v) is 15.1. The molecular weight excluding hydrogens is 378 g/mol. The first-order valence-corrected chi connectivity index (χ1v) is 8.96. The van der Waals surface area contributed by atoms with E-state index in [0.29, 0.717) is 30.0 Å². The Labute approximate surface area is 158 Å². The Morgan fingerprint density at radius 1 is 0.750 bits per heavy atom. The van der Waals surface area contributed by atoms with E-state index in [1.165, 1.54) is 24.3 Å². The van der Waals surface area contributed by atoms with Crippen LogP contribution in [0.2, 0.25) is 0 Å². The first kappa shape index (κ1) is 20.2. The second-order valence-electron chi connectivity index (χ2n) is 6.78. The van der Waals surface area contributed by atoms with Crippen molar-refractivity contribution in [2.24, 2.45) is 0 Å². The minimum absolute atomic E-state index is 0.0410. The van der Waals surface area contributed by atoms with Crippen molar-refractivity contribution >= 4 is 10.8 Å². The van der Waals surface area contributed by atoms with Gasteiger partial charge in [-0.2, -0.15) is 13.2 Å². The third kappa shape index (κ3) is 4.16. The lowest BCUT2D eigenvalue weighted by atomic mass is 9.98. The van der Waals surface area contributed by atoms with Gasteiger partial charge in [0.15, 0.2) is 0 Å². The Bertz CT molecular complexity index is 1000. The highest BCUT2D eigenvalue weighted by Gasteiger charge is 2.38. The van der Waals surface area contributed by atoms with Crippen molar-refractivity contribution in [3.05, 3.63) is 82.2 Å². The highest BCUT2D eigenvalue weighted by molar-refractivity contribution is 5.85. The summed E-state index contributed by atoms with van der Waals surface area (Å²) in [5.74, 6) is -3.57. The molecular formula is C22H18F6. The maximum atomic E-state index is 14.2.